The number of nitrogens with zero attached hydrogens (tertiary/aromatic N) is 3. The van der Waals surface area contributed by atoms with E-state index in [2.05, 4.69) is 4.98 Å². The number of amides is 1. The molecule has 1 aromatic heterocycles. The summed E-state index contributed by atoms with van der Waals surface area (Å²) in [6, 6.07) is 14.1. The summed E-state index contributed by atoms with van der Waals surface area (Å²) in [4.78, 5) is 21.5. The number of carbonyl (C=O) groups is 1. The third kappa shape index (κ3) is 5.79. The summed E-state index contributed by atoms with van der Waals surface area (Å²) in [5.41, 5.74) is 2.00. The Morgan fingerprint density at radius 1 is 1.21 bits per heavy atom. The van der Waals surface area contributed by atoms with Crippen LogP contribution in [0.25, 0.3) is 0 Å². The molecule has 4 rings (SSSR count). The molecule has 3 aromatic rings. The molecule has 0 N–H and O–H groups in total. The van der Waals surface area contributed by atoms with Crippen LogP contribution in [0.1, 0.15) is 48.1 Å². The monoisotopic (exact) mass is 451 g/mol. The number of methoxy groups -OCH3 is 1. The molecule has 1 atom stereocenters. The molecule has 0 saturated carbocycles. The van der Waals surface area contributed by atoms with Crippen molar-refractivity contribution < 1.29 is 18.3 Å². The molecule has 2 heterocycles. The molecule has 174 valence electrons. The Kier molecular flexibility index (Phi) is 7.40. The average molecular weight is 452 g/mol. The summed E-state index contributed by atoms with van der Waals surface area (Å²) in [5, 5.41) is 0. The van der Waals surface area contributed by atoms with Gasteiger partial charge in [-0.2, -0.15) is 0 Å². The van der Waals surface area contributed by atoms with Crippen molar-refractivity contribution in [1.82, 2.24) is 14.8 Å². The molecule has 0 bridgehead atoms. The zero-order valence-corrected chi connectivity index (χ0v) is 19.2. The zero-order chi connectivity index (χ0) is 23.2. The van der Waals surface area contributed by atoms with Gasteiger partial charge in [-0.3, -0.25) is 9.69 Å². The smallest absolute Gasteiger partial charge is 0.237 e. The number of rotatable bonds is 8. The highest BCUT2D eigenvalue weighted by molar-refractivity contribution is 5.78. The summed E-state index contributed by atoms with van der Waals surface area (Å²) < 4.78 is 24.7. The van der Waals surface area contributed by atoms with E-state index in [1.807, 2.05) is 41.1 Å². The molecular formula is C26H30FN3O3. The van der Waals surface area contributed by atoms with Gasteiger partial charge in [-0.1, -0.05) is 30.3 Å². The maximum Gasteiger partial charge on any atom is 0.237 e. The number of hydrogen-bond donors (Lipinski definition) is 0. The minimum absolute atomic E-state index is 0.0498. The second kappa shape index (κ2) is 10.6. The number of piperidine rings is 1. The van der Waals surface area contributed by atoms with E-state index in [1.165, 1.54) is 12.1 Å². The molecule has 1 amide bonds. The van der Waals surface area contributed by atoms with Gasteiger partial charge in [-0.15, -0.1) is 0 Å². The number of ether oxygens (including phenoxy) is 1. The van der Waals surface area contributed by atoms with Crippen LogP contribution < -0.4 is 4.74 Å². The van der Waals surface area contributed by atoms with Crippen LogP contribution in [0.4, 0.5) is 4.39 Å². The summed E-state index contributed by atoms with van der Waals surface area (Å²) in [6.45, 7) is 1.55. The van der Waals surface area contributed by atoms with Crippen LogP contribution in [0.5, 0.6) is 5.75 Å². The molecular weight excluding hydrogens is 421 g/mol. The van der Waals surface area contributed by atoms with Crippen molar-refractivity contribution in [3.63, 3.8) is 0 Å². The molecule has 1 aliphatic rings. The molecule has 1 saturated heterocycles. The molecule has 0 aliphatic carbocycles. The first-order valence-electron chi connectivity index (χ1n) is 11.3. The summed E-state index contributed by atoms with van der Waals surface area (Å²) in [5.74, 6) is 1.95. The molecule has 0 spiro atoms. The molecule has 7 heteroatoms. The molecule has 1 aliphatic heterocycles. The SMILES string of the molecule is COc1ccccc1Cc1cnc([C@H]2CCCCN2C(=O)CN(C)Cc2ccc(F)cc2)o1. The number of likely N-dealkylation sites (tertiary alicyclic amines) is 1. The van der Waals surface area contributed by atoms with E-state index in [1.54, 1.807) is 25.4 Å². The molecule has 2 aromatic carbocycles. The van der Waals surface area contributed by atoms with Gasteiger partial charge >= 0.3 is 0 Å². The predicted octanol–water partition coefficient (Wildman–Crippen LogP) is 4.60. The van der Waals surface area contributed by atoms with Crippen LogP contribution in [0.2, 0.25) is 0 Å². The van der Waals surface area contributed by atoms with Crippen LogP contribution in [0.15, 0.2) is 59.1 Å². The van der Waals surface area contributed by atoms with Crippen LogP contribution >= 0.6 is 0 Å². The van der Waals surface area contributed by atoms with Crippen molar-refractivity contribution in [2.75, 3.05) is 27.2 Å². The minimum Gasteiger partial charge on any atom is -0.496 e. The zero-order valence-electron chi connectivity index (χ0n) is 19.2. The fraction of sp³-hybridized carbons (Fsp3) is 0.385. The predicted molar refractivity (Wildman–Crippen MR) is 123 cm³/mol. The van der Waals surface area contributed by atoms with Gasteiger partial charge in [0.15, 0.2) is 0 Å². The Hall–Kier alpha value is -3.19. The number of hydrogen-bond acceptors (Lipinski definition) is 5. The lowest BCUT2D eigenvalue weighted by Gasteiger charge is -2.35. The lowest BCUT2D eigenvalue weighted by molar-refractivity contribution is -0.136. The quantitative estimate of drug-likeness (QED) is 0.501. The summed E-state index contributed by atoms with van der Waals surface area (Å²) in [6.07, 6.45) is 5.17. The van der Waals surface area contributed by atoms with Crippen LogP contribution in [-0.2, 0) is 17.8 Å². The molecule has 0 unspecified atom stereocenters. The third-order valence-electron chi connectivity index (χ3n) is 6.01. The molecule has 33 heavy (non-hydrogen) atoms. The van der Waals surface area contributed by atoms with Gasteiger partial charge < -0.3 is 14.1 Å². The molecule has 0 radical (unpaired) electrons. The second-order valence-corrected chi connectivity index (χ2v) is 8.55. The number of halogens is 1. The Balaban J connectivity index is 1.41. The maximum atomic E-state index is 13.2. The Morgan fingerprint density at radius 3 is 2.79 bits per heavy atom. The van der Waals surface area contributed by atoms with Gasteiger partial charge in [0.2, 0.25) is 11.8 Å². The summed E-state index contributed by atoms with van der Waals surface area (Å²) in [7, 11) is 3.56. The lowest BCUT2D eigenvalue weighted by Crippen LogP contribution is -2.43. The number of likely N-dealkylation sites (N-methyl/N-ethyl adjacent to an activating group) is 1. The minimum atomic E-state index is -0.260. The van der Waals surface area contributed by atoms with E-state index in [0.717, 1.165) is 41.9 Å². The average Bonchev–Trinajstić information content (AvgIpc) is 3.29. The number of benzene rings is 2. The number of oxazole rings is 1. The fourth-order valence-corrected chi connectivity index (χ4v) is 4.36. The number of carbonyl (C=O) groups excluding carboxylic acids is 1. The van der Waals surface area contributed by atoms with Crippen LogP contribution in [0.3, 0.4) is 0 Å². The first-order valence-corrected chi connectivity index (χ1v) is 11.3. The van der Waals surface area contributed by atoms with Gasteiger partial charge in [0.25, 0.3) is 0 Å². The molecule has 1 fully saturated rings. The van der Waals surface area contributed by atoms with Crippen molar-refractivity contribution in [1.29, 1.82) is 0 Å². The van der Waals surface area contributed by atoms with Gasteiger partial charge in [-0.25, -0.2) is 9.37 Å². The van der Waals surface area contributed by atoms with Crippen LogP contribution in [0, 0.1) is 5.82 Å². The highest BCUT2D eigenvalue weighted by atomic mass is 19.1. The Labute approximate surface area is 194 Å². The largest absolute Gasteiger partial charge is 0.496 e. The van der Waals surface area contributed by atoms with Gasteiger partial charge in [0.1, 0.15) is 23.4 Å². The standard InChI is InChI=1S/C26H30FN3O3/c1-29(17-19-10-12-21(27)13-11-19)18-25(31)30-14-6-5-8-23(30)26-28-16-22(33-26)15-20-7-3-4-9-24(20)32-2/h3-4,7,9-13,16,23H,5-6,8,14-15,17-18H2,1-2H3/t23-/m1/s1. The maximum absolute atomic E-state index is 13.2. The highest BCUT2D eigenvalue weighted by Crippen LogP contribution is 2.31. The van der Waals surface area contributed by atoms with E-state index >= 15 is 0 Å². The number of aromatic nitrogens is 1. The highest BCUT2D eigenvalue weighted by Gasteiger charge is 2.31. The van der Waals surface area contributed by atoms with Crippen LogP contribution in [-0.4, -0.2) is 47.9 Å². The normalized spacial score (nSPS) is 16.2. The Bertz CT molecular complexity index is 1070. The molecule has 6 nitrogen and oxygen atoms in total. The van der Waals surface area contributed by atoms with E-state index < -0.39 is 0 Å². The second-order valence-electron chi connectivity index (χ2n) is 8.55. The number of para-hydroxylation sites is 1. The summed E-state index contributed by atoms with van der Waals surface area (Å²) >= 11 is 0. The van der Waals surface area contributed by atoms with Crippen molar-refractivity contribution in [2.24, 2.45) is 0 Å². The van der Waals surface area contributed by atoms with Gasteiger partial charge in [-0.05, 0) is 50.1 Å². The van der Waals surface area contributed by atoms with E-state index in [4.69, 9.17) is 9.15 Å². The Morgan fingerprint density at radius 2 is 2.00 bits per heavy atom. The first kappa shape index (κ1) is 23.0. The van der Waals surface area contributed by atoms with E-state index in [0.29, 0.717) is 25.4 Å². The topological polar surface area (TPSA) is 58.8 Å². The van der Waals surface area contributed by atoms with E-state index in [9.17, 15) is 9.18 Å². The van der Waals surface area contributed by atoms with Gasteiger partial charge in [0, 0.05) is 25.1 Å². The lowest BCUT2D eigenvalue weighted by atomic mass is 10.0. The fourth-order valence-electron chi connectivity index (χ4n) is 4.36. The van der Waals surface area contributed by atoms with Crippen molar-refractivity contribution >= 4 is 5.91 Å². The third-order valence-corrected chi connectivity index (χ3v) is 6.01. The van der Waals surface area contributed by atoms with Gasteiger partial charge in [0.05, 0.1) is 19.9 Å². The van der Waals surface area contributed by atoms with Crippen molar-refractivity contribution in [3.8, 4) is 5.75 Å². The first-order chi connectivity index (χ1) is 16.0. The van der Waals surface area contributed by atoms with Crippen molar-refractivity contribution in [3.05, 3.63) is 83.3 Å². The van der Waals surface area contributed by atoms with Crippen molar-refractivity contribution in [2.45, 2.75) is 38.3 Å². The van der Waals surface area contributed by atoms with E-state index in [-0.39, 0.29) is 24.3 Å².